The topological polar surface area (TPSA) is 77.8 Å². The van der Waals surface area contributed by atoms with Crippen LogP contribution in [-0.4, -0.2) is 33.5 Å². The summed E-state index contributed by atoms with van der Waals surface area (Å²) in [6.07, 6.45) is -0.654. The van der Waals surface area contributed by atoms with Crippen LogP contribution >= 0.6 is 0 Å². The molecule has 0 bridgehead atoms. The van der Waals surface area contributed by atoms with E-state index in [4.69, 9.17) is 15.3 Å². The molecular weight excluding hydrogens is 160 g/mol. The fourth-order valence-electron chi connectivity index (χ4n) is 0.992. The van der Waals surface area contributed by atoms with Gasteiger partial charge in [-0.05, 0) is 26.7 Å². The van der Waals surface area contributed by atoms with Crippen LogP contribution < -0.4 is 0 Å². The maximum atomic E-state index is 10.5. The smallest absolute Gasteiger partial charge is 0.309 e. The van der Waals surface area contributed by atoms with Gasteiger partial charge in [-0.3, -0.25) is 4.79 Å². The number of hydrogen-bond donors (Lipinski definition) is 3. The Kier molecular flexibility index (Phi) is 4.85. The third-order valence-electron chi connectivity index (χ3n) is 1.79. The van der Waals surface area contributed by atoms with Crippen molar-refractivity contribution in [1.82, 2.24) is 0 Å². The third-order valence-corrected chi connectivity index (χ3v) is 1.79. The SMILES string of the molecule is C[C@H](O)C(CC[C@@H](C)O)C(=O)O. The number of carboxylic acids is 1. The average molecular weight is 176 g/mol. The molecule has 0 heterocycles. The van der Waals surface area contributed by atoms with Gasteiger partial charge in [0.15, 0.2) is 0 Å². The van der Waals surface area contributed by atoms with E-state index in [2.05, 4.69) is 0 Å². The summed E-state index contributed by atoms with van der Waals surface area (Å²) in [5.41, 5.74) is 0. The van der Waals surface area contributed by atoms with Gasteiger partial charge < -0.3 is 15.3 Å². The summed E-state index contributed by atoms with van der Waals surface area (Å²) < 4.78 is 0. The van der Waals surface area contributed by atoms with Crippen molar-refractivity contribution >= 4 is 5.97 Å². The number of rotatable bonds is 5. The molecule has 0 saturated heterocycles. The normalized spacial score (nSPS) is 18.3. The van der Waals surface area contributed by atoms with E-state index in [0.717, 1.165) is 0 Å². The highest BCUT2D eigenvalue weighted by Crippen LogP contribution is 2.13. The highest BCUT2D eigenvalue weighted by Gasteiger charge is 2.22. The van der Waals surface area contributed by atoms with Gasteiger partial charge in [-0.25, -0.2) is 0 Å². The Labute approximate surface area is 71.8 Å². The van der Waals surface area contributed by atoms with Crippen LogP contribution in [0.1, 0.15) is 26.7 Å². The van der Waals surface area contributed by atoms with E-state index in [0.29, 0.717) is 12.8 Å². The lowest BCUT2D eigenvalue weighted by atomic mass is 9.97. The van der Waals surface area contributed by atoms with Gasteiger partial charge in [-0.2, -0.15) is 0 Å². The number of carboxylic acid groups (broad SMARTS) is 1. The molecule has 12 heavy (non-hydrogen) atoms. The molecule has 1 unspecified atom stereocenters. The Hall–Kier alpha value is -0.610. The van der Waals surface area contributed by atoms with E-state index < -0.39 is 24.1 Å². The molecule has 0 rings (SSSR count). The highest BCUT2D eigenvalue weighted by atomic mass is 16.4. The van der Waals surface area contributed by atoms with Crippen molar-refractivity contribution in [3.8, 4) is 0 Å². The highest BCUT2D eigenvalue weighted by molar-refractivity contribution is 5.70. The molecule has 0 aliphatic rings. The van der Waals surface area contributed by atoms with E-state index >= 15 is 0 Å². The van der Waals surface area contributed by atoms with Crippen molar-refractivity contribution < 1.29 is 20.1 Å². The van der Waals surface area contributed by atoms with Crippen LogP contribution in [0.5, 0.6) is 0 Å². The molecule has 3 N–H and O–H groups in total. The predicted molar refractivity (Wildman–Crippen MR) is 43.7 cm³/mol. The molecule has 0 aromatic heterocycles. The summed E-state index contributed by atoms with van der Waals surface area (Å²) in [5, 5.41) is 26.5. The van der Waals surface area contributed by atoms with Crippen LogP contribution in [0.2, 0.25) is 0 Å². The van der Waals surface area contributed by atoms with Crippen LogP contribution in [0, 0.1) is 5.92 Å². The largest absolute Gasteiger partial charge is 0.481 e. The Balaban J connectivity index is 3.88. The molecule has 4 heteroatoms. The Bertz CT molecular complexity index is 142. The van der Waals surface area contributed by atoms with Gasteiger partial charge in [0.1, 0.15) is 0 Å². The first-order chi connectivity index (χ1) is 5.45. The fraction of sp³-hybridized carbons (Fsp3) is 0.875. The molecule has 0 aromatic carbocycles. The second-order valence-electron chi connectivity index (χ2n) is 3.11. The van der Waals surface area contributed by atoms with E-state index in [9.17, 15) is 4.79 Å². The Morgan fingerprint density at radius 2 is 1.75 bits per heavy atom. The minimum atomic E-state index is -1.01. The zero-order valence-corrected chi connectivity index (χ0v) is 7.40. The second kappa shape index (κ2) is 5.11. The van der Waals surface area contributed by atoms with Gasteiger partial charge in [0.2, 0.25) is 0 Å². The maximum Gasteiger partial charge on any atom is 0.309 e. The molecule has 0 aliphatic carbocycles. The third kappa shape index (κ3) is 4.31. The van der Waals surface area contributed by atoms with E-state index in [-0.39, 0.29) is 0 Å². The monoisotopic (exact) mass is 176 g/mol. The summed E-state index contributed by atoms with van der Waals surface area (Å²) in [6.45, 7) is 3.04. The zero-order valence-electron chi connectivity index (χ0n) is 7.40. The van der Waals surface area contributed by atoms with Gasteiger partial charge in [-0.1, -0.05) is 0 Å². The lowest BCUT2D eigenvalue weighted by molar-refractivity contribution is -0.145. The number of aliphatic hydroxyl groups is 2. The lowest BCUT2D eigenvalue weighted by Crippen LogP contribution is -2.26. The Morgan fingerprint density at radius 1 is 1.25 bits per heavy atom. The van der Waals surface area contributed by atoms with Crippen LogP contribution in [0.15, 0.2) is 0 Å². The fourth-order valence-corrected chi connectivity index (χ4v) is 0.992. The van der Waals surface area contributed by atoms with Crippen molar-refractivity contribution in [2.24, 2.45) is 5.92 Å². The first-order valence-corrected chi connectivity index (χ1v) is 4.04. The molecule has 0 aromatic rings. The summed E-state index contributed by atoms with van der Waals surface area (Å²) in [5.74, 6) is -1.77. The molecule has 0 radical (unpaired) electrons. The maximum absolute atomic E-state index is 10.5. The molecule has 0 amide bonds. The van der Waals surface area contributed by atoms with E-state index in [1.807, 2.05) is 0 Å². The van der Waals surface area contributed by atoms with Crippen LogP contribution in [0.25, 0.3) is 0 Å². The molecular formula is C8H16O4. The van der Waals surface area contributed by atoms with Gasteiger partial charge in [0, 0.05) is 0 Å². The summed E-state index contributed by atoms with van der Waals surface area (Å²) in [6, 6.07) is 0. The lowest BCUT2D eigenvalue weighted by Gasteiger charge is -2.15. The molecule has 72 valence electrons. The van der Waals surface area contributed by atoms with Crippen LogP contribution in [0.3, 0.4) is 0 Å². The van der Waals surface area contributed by atoms with Gasteiger partial charge in [0.25, 0.3) is 0 Å². The molecule has 0 fully saturated rings. The van der Waals surface area contributed by atoms with Crippen molar-refractivity contribution in [2.75, 3.05) is 0 Å². The van der Waals surface area contributed by atoms with Crippen LogP contribution in [-0.2, 0) is 4.79 Å². The zero-order chi connectivity index (χ0) is 9.72. The minimum Gasteiger partial charge on any atom is -0.481 e. The molecule has 4 nitrogen and oxygen atoms in total. The standard InChI is InChI=1S/C8H16O4/c1-5(9)3-4-7(6(2)10)8(11)12/h5-7,9-10H,3-4H2,1-2H3,(H,11,12)/t5-,6+,7?/m1/s1. The molecule has 3 atom stereocenters. The number of hydrogen-bond acceptors (Lipinski definition) is 3. The summed E-state index contributed by atoms with van der Waals surface area (Å²) >= 11 is 0. The first-order valence-electron chi connectivity index (χ1n) is 4.04. The summed E-state index contributed by atoms with van der Waals surface area (Å²) in [7, 11) is 0. The van der Waals surface area contributed by atoms with Crippen molar-refractivity contribution in [1.29, 1.82) is 0 Å². The van der Waals surface area contributed by atoms with E-state index in [1.165, 1.54) is 6.92 Å². The predicted octanol–water partition coefficient (Wildman–Crippen LogP) is 0.229. The first kappa shape index (κ1) is 11.4. The van der Waals surface area contributed by atoms with Crippen molar-refractivity contribution in [3.63, 3.8) is 0 Å². The number of carbonyl (C=O) groups is 1. The molecule has 0 aliphatic heterocycles. The van der Waals surface area contributed by atoms with E-state index in [1.54, 1.807) is 6.92 Å². The van der Waals surface area contributed by atoms with Crippen molar-refractivity contribution in [3.05, 3.63) is 0 Å². The minimum absolute atomic E-state index is 0.310. The number of aliphatic carboxylic acids is 1. The summed E-state index contributed by atoms with van der Waals surface area (Å²) in [4.78, 5) is 10.5. The van der Waals surface area contributed by atoms with Gasteiger partial charge in [0.05, 0.1) is 18.1 Å². The average Bonchev–Trinajstić information content (AvgIpc) is 1.84. The van der Waals surface area contributed by atoms with Gasteiger partial charge in [-0.15, -0.1) is 0 Å². The van der Waals surface area contributed by atoms with Gasteiger partial charge >= 0.3 is 5.97 Å². The van der Waals surface area contributed by atoms with Crippen molar-refractivity contribution in [2.45, 2.75) is 38.9 Å². The molecule has 0 saturated carbocycles. The Morgan fingerprint density at radius 3 is 2.00 bits per heavy atom. The second-order valence-corrected chi connectivity index (χ2v) is 3.11. The quantitative estimate of drug-likeness (QED) is 0.560. The molecule has 0 spiro atoms. The van der Waals surface area contributed by atoms with Crippen LogP contribution in [0.4, 0.5) is 0 Å². The number of aliphatic hydroxyl groups excluding tert-OH is 2.